The number of esters is 1. The average molecular weight is 2280 g/mol. The largest absolute Gasteiger partial charge is 0.477 e. The number of aliphatic imine (C=N–C) groups is 2. The molecule has 16 aromatic rings. The lowest BCUT2D eigenvalue weighted by molar-refractivity contribution is 0.0585. The number of halogens is 5. The molecule has 0 atom stereocenters. The van der Waals surface area contributed by atoms with Crippen molar-refractivity contribution >= 4 is 179 Å². The van der Waals surface area contributed by atoms with Gasteiger partial charge in [0, 0.05) is 169 Å². The molecule has 0 saturated carbocycles. The van der Waals surface area contributed by atoms with E-state index in [1.807, 2.05) is 248 Å². The lowest BCUT2D eigenvalue weighted by Crippen LogP contribution is -2.22. The maximum absolute atomic E-state index is 12.3. The molecule has 0 unspecified atom stereocenters. The van der Waals surface area contributed by atoms with Crippen molar-refractivity contribution < 1.29 is 52.7 Å². The van der Waals surface area contributed by atoms with Crippen molar-refractivity contribution in [2.24, 2.45) is 45.2 Å². The van der Waals surface area contributed by atoms with Crippen molar-refractivity contribution in [3.8, 4) is 63.2 Å². The number of nitrogens with one attached hydrogen (secondary N) is 2. The number of nitrogens with zero attached hydrogens (tertiary/aromatic N) is 23. The average Bonchev–Trinajstić information content (AvgIpc) is 1.60. The molecule has 140 heavy (non-hydrogen) atoms. The minimum Gasteiger partial charge on any atom is -0.477 e. The van der Waals surface area contributed by atoms with Crippen molar-refractivity contribution in [1.82, 2.24) is 113 Å². The first-order valence-electron chi connectivity index (χ1n) is 45.3. The molecule has 0 spiro atoms. The van der Waals surface area contributed by atoms with E-state index in [4.69, 9.17) is 56.6 Å². The number of hydrogen-bond acceptors (Lipinski definition) is 24. The van der Waals surface area contributed by atoms with Crippen LogP contribution in [0.4, 0.5) is 0 Å². The molecule has 3 N–H and O–H groups in total. The Morgan fingerprint density at radius 1 is 0.371 bits per heavy atom. The van der Waals surface area contributed by atoms with Gasteiger partial charge in [0.1, 0.15) is 61.3 Å². The number of rotatable bonds is 22. The molecule has 0 bridgehead atoms. The summed E-state index contributed by atoms with van der Waals surface area (Å²) in [6.07, 6.45) is 19.8. The van der Waals surface area contributed by atoms with E-state index in [1.54, 1.807) is 88.2 Å². The van der Waals surface area contributed by atoms with E-state index in [0.717, 1.165) is 128 Å². The number of methoxy groups -OCH3 is 1. The van der Waals surface area contributed by atoms with Gasteiger partial charge in [-0.1, -0.05) is 23.2 Å². The number of ether oxygens (including phenoxy) is 6. The highest BCUT2D eigenvalue weighted by Gasteiger charge is 2.31. The first-order valence-corrected chi connectivity index (χ1v) is 49.3. The molecule has 18 rings (SSSR count). The van der Waals surface area contributed by atoms with E-state index in [9.17, 15) is 24.3 Å². The van der Waals surface area contributed by atoms with Crippen molar-refractivity contribution in [2.75, 3.05) is 21.2 Å². The summed E-state index contributed by atoms with van der Waals surface area (Å²) in [5.74, 6) is 1.30. The van der Waals surface area contributed by atoms with Gasteiger partial charge in [0.05, 0.1) is 117 Å². The number of carboxylic acid groups (broad SMARTS) is 1. The smallest absolute Gasteiger partial charge is 0.354 e. The minimum absolute atomic E-state index is 0.00264. The van der Waals surface area contributed by atoms with E-state index in [-0.39, 0.29) is 78.2 Å². The third kappa shape index (κ3) is 23.9. The summed E-state index contributed by atoms with van der Waals surface area (Å²) in [5.41, 5.74) is 17.3. The monoisotopic (exact) mass is 2280 g/mol. The zero-order chi connectivity index (χ0) is 102. The summed E-state index contributed by atoms with van der Waals surface area (Å²) < 4.78 is 53.4. The number of fused-ring (bicyclic) bond motifs is 7. The quantitative estimate of drug-likeness (QED) is 0.0322. The van der Waals surface area contributed by atoms with Gasteiger partial charge in [0.2, 0.25) is 29.4 Å². The fraction of sp³-hybridized carbons (Fsp3) is 0.374. The first-order chi connectivity index (χ1) is 66.4. The molecular weight excluding hydrogens is 2170 g/mol. The van der Waals surface area contributed by atoms with Gasteiger partial charge in [-0.25, -0.2) is 44.5 Å². The summed E-state index contributed by atoms with van der Waals surface area (Å²) in [6, 6.07) is 21.1. The van der Waals surface area contributed by atoms with Crippen molar-refractivity contribution in [3.05, 3.63) is 203 Å². The predicted octanol–water partition coefficient (Wildman–Crippen LogP) is 20.2. The molecule has 2 aliphatic heterocycles. The van der Waals surface area contributed by atoms with E-state index < -0.39 is 5.97 Å². The molecule has 0 aromatic carbocycles. The summed E-state index contributed by atoms with van der Waals surface area (Å²) in [6.45, 7) is 37.1. The van der Waals surface area contributed by atoms with Gasteiger partial charge in [-0.2, -0.15) is 25.5 Å². The number of carbonyl (C=O) groups is 4. The van der Waals surface area contributed by atoms with Crippen LogP contribution >= 0.6 is 91.0 Å². The summed E-state index contributed by atoms with van der Waals surface area (Å²) in [4.78, 5) is 86.9. The molecule has 0 radical (unpaired) electrons. The number of hydrogen-bond donors (Lipinski definition) is 3. The highest BCUT2D eigenvalue weighted by atomic mass is 127. The van der Waals surface area contributed by atoms with Crippen LogP contribution in [0.1, 0.15) is 219 Å². The molecule has 0 saturated heterocycles. The number of amides is 2. The van der Waals surface area contributed by atoms with Crippen LogP contribution in [0.15, 0.2) is 145 Å². The highest BCUT2D eigenvalue weighted by Crippen LogP contribution is 2.41. The Morgan fingerprint density at radius 2 is 0.671 bits per heavy atom. The molecule has 16 aromatic heterocycles. The second-order valence-corrected chi connectivity index (χ2v) is 38.9. The summed E-state index contributed by atoms with van der Waals surface area (Å²) in [7, 11) is 14.1. The predicted molar refractivity (Wildman–Crippen MR) is 570 cm³/mol. The number of aromatic carboxylic acids is 1. The van der Waals surface area contributed by atoms with Crippen LogP contribution in [-0.4, -0.2) is 192 Å². The molecule has 2 amide bonds. The normalized spacial score (nSPS) is 12.0. The minimum atomic E-state index is -0.961. The Hall–Kier alpha value is -12.5. The Bertz CT molecular complexity index is 7130. The number of pyridine rings is 7. The Kier molecular flexibility index (Phi) is 35.2. The van der Waals surface area contributed by atoms with Crippen LogP contribution in [0.5, 0.6) is 29.4 Å². The Morgan fingerprint density at radius 3 is 1.05 bits per heavy atom. The van der Waals surface area contributed by atoms with E-state index in [0.29, 0.717) is 69.0 Å². The van der Waals surface area contributed by atoms with Crippen LogP contribution in [0.3, 0.4) is 0 Å². The second kappa shape index (κ2) is 46.3. The number of carboxylic acids is 1. The molecule has 738 valence electrons. The molecule has 0 fully saturated rings. The van der Waals surface area contributed by atoms with Crippen molar-refractivity contribution in [1.29, 1.82) is 0 Å². The van der Waals surface area contributed by atoms with Crippen LogP contribution < -0.4 is 34.3 Å². The molecule has 18 heterocycles. The van der Waals surface area contributed by atoms with Crippen LogP contribution in [0.2, 0.25) is 10.3 Å². The van der Waals surface area contributed by atoms with Gasteiger partial charge in [-0.15, -0.1) is 0 Å². The van der Waals surface area contributed by atoms with Gasteiger partial charge in [-0.05, 0) is 270 Å². The third-order valence-corrected chi connectivity index (χ3v) is 24.7. The van der Waals surface area contributed by atoms with Gasteiger partial charge < -0.3 is 62.4 Å². The number of aryl methyl sites for hydroxylation is 5. The van der Waals surface area contributed by atoms with Gasteiger partial charge in [0.25, 0.3) is 11.8 Å². The highest BCUT2D eigenvalue weighted by molar-refractivity contribution is 14.1. The second-order valence-electron chi connectivity index (χ2n) is 35.1. The van der Waals surface area contributed by atoms with Gasteiger partial charge in [-0.3, -0.25) is 43.0 Å². The lowest BCUT2D eigenvalue weighted by atomic mass is 10.0. The molecule has 2 aliphatic rings. The maximum Gasteiger partial charge on any atom is 0.354 e. The summed E-state index contributed by atoms with van der Waals surface area (Å²) in [5, 5.41) is 42.9. The molecule has 36 nitrogen and oxygen atoms in total. The zero-order valence-electron chi connectivity index (χ0n) is 83.0. The van der Waals surface area contributed by atoms with Crippen LogP contribution in [-0.2, 0) is 53.1 Å². The van der Waals surface area contributed by atoms with E-state index in [1.165, 1.54) is 12.7 Å². The van der Waals surface area contributed by atoms with E-state index >= 15 is 0 Å². The lowest BCUT2D eigenvalue weighted by Gasteiger charge is -2.13. The Balaban J connectivity index is 0.000000149. The first kappa shape index (κ1) is 106. The fourth-order valence-electron chi connectivity index (χ4n) is 15.6. The van der Waals surface area contributed by atoms with Crippen molar-refractivity contribution in [2.45, 2.75) is 192 Å². The van der Waals surface area contributed by atoms with Crippen LogP contribution in [0.25, 0.3) is 88.3 Å². The van der Waals surface area contributed by atoms with Gasteiger partial charge >= 0.3 is 11.9 Å². The van der Waals surface area contributed by atoms with E-state index in [2.05, 4.69) is 158 Å². The molecule has 0 aliphatic carbocycles. The SMILES string of the molecule is CC(C)Oc1nccc2c1c(-c1cc(C(=O)O)n(C(C)C)c1)nn2C.CC(C)Oc1nccc2c1c(I)nn2C.CNC(=O)c1cc(-c2nn(C)c3ccnc(OC(C)C)c23)cn1C(C)C.CNC(=O)c1cc(C2=NCc3ccnc(OC(C)C)c32)cn1C(C)C.COC(=O)c1cc(-c2nn(C)c3ccnc(OC(C)C)c23)cn1C(C)C.Clc1nccc2c1C(I)=NC2.Cn1nc(I)c2c(Cl)nccc21. The van der Waals surface area contributed by atoms with Gasteiger partial charge in [0.15, 0.2) is 0 Å². The fourth-order valence-corrected chi connectivity index (χ4v) is 18.9. The Labute approximate surface area is 862 Å². The van der Waals surface area contributed by atoms with Crippen LogP contribution in [0, 0.1) is 7.40 Å². The topological polar surface area (TPSA) is 392 Å². The summed E-state index contributed by atoms with van der Waals surface area (Å²) >= 11 is 18.3. The maximum atomic E-state index is 12.3. The zero-order valence-corrected chi connectivity index (χ0v) is 91.0. The number of aromatic nitrogens is 21. The van der Waals surface area contributed by atoms with Crippen molar-refractivity contribution in [3.63, 3.8) is 0 Å². The molecular formula is C99H116Cl2I3N25O11. The number of carbonyl (C=O) groups excluding carboxylic acids is 3. The third-order valence-electron chi connectivity index (χ3n) is 21.8. The molecule has 41 heteroatoms. The standard InChI is InChI=1S/C19H25N5O2.C19H24N4O3.C19H24N4O2.C18H22N4O3.C10H12IN3O.C7H5ClIN3.C7H4ClIN2/c1-11(2)24-10-13(9-15(24)18(25)20-5)17-16-14(23(6)22-17)7-8-21-19(16)26-12(3)4;1-11(2)23-10-13(9-15(23)19(24)25-6)17-16-14(22(5)21-17)7-8-20-18(16)26-12(3)4;1-11(2)23-10-14(8-15(23)18(24)20-5)17-16-13(9-22-17)6-7-21-19(16)25-12(3)4;1-10(2)22-9-12(8-14(22)18(23)24)16-15-13(21(5)20-16)6-7-19-17(15)25-11(3)4;1-6(2)15-10-8-7(4-5-12-10)14(3)13-9(8)11;1-12-4-2-3-10-6(8)5(4)7(9)11-12;8-6-5-4(1-2-10-6)3-11-7(5)9/h7-12H,1-6H3,(H,20,25);7-12H,1-6H3;6-8,10-12H,9H2,1-5H3,(H,20,24);6-11H,1-5H3,(H,23,24);4-6H,1-3H3;2-3H,1H3;1-2H,3H2.